The molecule has 2 bridgehead atoms. The van der Waals surface area contributed by atoms with E-state index in [2.05, 4.69) is 42.0 Å². The predicted molar refractivity (Wildman–Crippen MR) is 114 cm³/mol. The number of carbonyl (C=O) groups is 2. The third-order valence-electron chi connectivity index (χ3n) is 6.75. The summed E-state index contributed by atoms with van der Waals surface area (Å²) in [5.74, 6) is -1.07. The Bertz CT molecular complexity index is 1070. The topological polar surface area (TPSA) is 75.6 Å². The summed E-state index contributed by atoms with van der Waals surface area (Å²) >= 11 is 0. The molecule has 1 aromatic heterocycles. The molecule has 0 N–H and O–H groups in total. The third kappa shape index (κ3) is 3.24. The Hall–Kier alpha value is -3.06. The Balaban J connectivity index is 1.37. The highest BCUT2D eigenvalue weighted by Crippen LogP contribution is 2.52. The molecule has 160 valence electrons. The fourth-order valence-electron chi connectivity index (χ4n) is 5.16. The van der Waals surface area contributed by atoms with E-state index in [4.69, 9.17) is 4.74 Å². The maximum atomic E-state index is 13.5. The average molecular weight is 418 g/mol. The molecule has 3 aliphatic rings. The average Bonchev–Trinajstić information content (AvgIpc) is 3.39. The fraction of sp³-hybridized carbons (Fsp3) is 0.417. The molecular formula is C24H26N4O3. The number of aromatic nitrogens is 2. The lowest BCUT2D eigenvalue weighted by Crippen LogP contribution is -2.44. The van der Waals surface area contributed by atoms with Crippen molar-refractivity contribution in [1.29, 1.82) is 0 Å². The lowest BCUT2D eigenvalue weighted by molar-refractivity contribution is -0.143. The van der Waals surface area contributed by atoms with Gasteiger partial charge in [0.05, 0.1) is 36.7 Å². The first-order chi connectivity index (χ1) is 14.9. The number of amides is 2. The van der Waals surface area contributed by atoms with E-state index in [0.717, 1.165) is 16.8 Å². The summed E-state index contributed by atoms with van der Waals surface area (Å²) < 4.78 is 6.26. The van der Waals surface area contributed by atoms with E-state index in [1.165, 1.54) is 11.9 Å². The molecular weight excluding hydrogens is 392 g/mol. The highest BCUT2D eigenvalue weighted by Gasteiger charge is 2.67. The van der Waals surface area contributed by atoms with E-state index >= 15 is 0 Å². The minimum absolute atomic E-state index is 0.00143. The fourth-order valence-corrected chi connectivity index (χ4v) is 5.16. The van der Waals surface area contributed by atoms with Crippen molar-refractivity contribution in [2.75, 3.05) is 13.6 Å². The zero-order valence-corrected chi connectivity index (χ0v) is 18.0. The second-order valence-corrected chi connectivity index (χ2v) is 8.92. The molecule has 1 spiro atoms. The van der Waals surface area contributed by atoms with Gasteiger partial charge < -0.3 is 14.5 Å². The van der Waals surface area contributed by atoms with Crippen LogP contribution in [0.1, 0.15) is 22.4 Å². The number of hydrogen-bond acceptors (Lipinski definition) is 5. The highest BCUT2D eigenvalue weighted by atomic mass is 16.5. The van der Waals surface area contributed by atoms with Crippen LogP contribution in [0.25, 0.3) is 0 Å². The zero-order valence-electron chi connectivity index (χ0n) is 18.0. The first kappa shape index (κ1) is 19.9. The van der Waals surface area contributed by atoms with Crippen molar-refractivity contribution in [3.8, 4) is 0 Å². The van der Waals surface area contributed by atoms with Gasteiger partial charge in [0.25, 0.3) is 0 Å². The molecule has 7 heteroatoms. The molecule has 5 rings (SSSR count). The van der Waals surface area contributed by atoms with Gasteiger partial charge in [0, 0.05) is 19.8 Å². The van der Waals surface area contributed by atoms with Crippen LogP contribution in [-0.4, -0.2) is 56.9 Å². The molecule has 0 radical (unpaired) electrons. The largest absolute Gasteiger partial charge is 0.360 e. The standard InChI is InChI=1S/C24H26N4O3/c1-15-4-5-16(2)17(10-15)11-28-13-24-8-6-19(31-24)20(21(24)23(28)30)22(29)27(3)12-18-7-9-25-14-26-18/h4-10,14,19-21H,11-13H2,1-3H3/t19-,20+,21-,24-/m0/s1. The van der Waals surface area contributed by atoms with E-state index in [1.54, 1.807) is 24.2 Å². The maximum absolute atomic E-state index is 13.5. The van der Waals surface area contributed by atoms with Gasteiger partial charge in [0.2, 0.25) is 11.8 Å². The Morgan fingerprint density at radius 1 is 1.32 bits per heavy atom. The van der Waals surface area contributed by atoms with Crippen molar-refractivity contribution in [3.05, 3.63) is 71.3 Å². The lowest BCUT2D eigenvalue weighted by atomic mass is 9.76. The van der Waals surface area contributed by atoms with E-state index in [-0.39, 0.29) is 17.9 Å². The van der Waals surface area contributed by atoms with Crippen LogP contribution in [0, 0.1) is 25.7 Å². The van der Waals surface area contributed by atoms with E-state index in [0.29, 0.717) is 19.6 Å². The number of carbonyl (C=O) groups excluding carboxylic acids is 2. The molecule has 0 saturated carbocycles. The molecule has 2 aromatic rings. The second kappa shape index (κ2) is 7.27. The number of ether oxygens (including phenoxy) is 1. The molecule has 4 heterocycles. The zero-order chi connectivity index (χ0) is 21.8. The Morgan fingerprint density at radius 3 is 2.94 bits per heavy atom. The molecule has 0 unspecified atom stereocenters. The van der Waals surface area contributed by atoms with E-state index in [1.807, 2.05) is 17.1 Å². The molecule has 31 heavy (non-hydrogen) atoms. The van der Waals surface area contributed by atoms with Gasteiger partial charge in [-0.25, -0.2) is 9.97 Å². The summed E-state index contributed by atoms with van der Waals surface area (Å²) in [7, 11) is 1.75. The number of rotatable bonds is 5. The SMILES string of the molecule is Cc1ccc(C)c(CN2C[C@]34C=C[C@H](O3)[C@@H](C(=O)N(C)Cc3ccncn3)[C@H]4C2=O)c1. The number of nitrogens with zero attached hydrogens (tertiary/aromatic N) is 4. The minimum Gasteiger partial charge on any atom is -0.360 e. The van der Waals surface area contributed by atoms with Gasteiger partial charge in [0.1, 0.15) is 11.9 Å². The van der Waals surface area contributed by atoms with Crippen LogP contribution in [0.2, 0.25) is 0 Å². The van der Waals surface area contributed by atoms with Crippen molar-refractivity contribution >= 4 is 11.8 Å². The molecule has 0 aliphatic carbocycles. The van der Waals surface area contributed by atoms with Crippen molar-refractivity contribution < 1.29 is 14.3 Å². The summed E-state index contributed by atoms with van der Waals surface area (Å²) in [6, 6.07) is 8.07. The van der Waals surface area contributed by atoms with Crippen molar-refractivity contribution in [2.24, 2.45) is 11.8 Å². The number of benzene rings is 1. The highest BCUT2D eigenvalue weighted by molar-refractivity contribution is 5.93. The summed E-state index contributed by atoms with van der Waals surface area (Å²) in [5, 5.41) is 0. The van der Waals surface area contributed by atoms with E-state index in [9.17, 15) is 9.59 Å². The predicted octanol–water partition coefficient (Wildman–Crippen LogP) is 2.03. The van der Waals surface area contributed by atoms with Crippen LogP contribution in [-0.2, 0) is 27.4 Å². The van der Waals surface area contributed by atoms with Gasteiger partial charge in [-0.15, -0.1) is 0 Å². The first-order valence-electron chi connectivity index (χ1n) is 10.6. The third-order valence-corrected chi connectivity index (χ3v) is 6.75. The minimum atomic E-state index is -0.699. The van der Waals surface area contributed by atoms with Crippen LogP contribution < -0.4 is 0 Å². The summed E-state index contributed by atoms with van der Waals surface area (Å²) in [6.45, 7) is 5.50. The molecule has 2 amide bonds. The smallest absolute Gasteiger partial charge is 0.230 e. The van der Waals surface area contributed by atoms with Gasteiger partial charge in [0.15, 0.2) is 0 Å². The van der Waals surface area contributed by atoms with Gasteiger partial charge in [-0.05, 0) is 31.0 Å². The van der Waals surface area contributed by atoms with Crippen LogP contribution >= 0.6 is 0 Å². The second-order valence-electron chi connectivity index (χ2n) is 8.92. The quantitative estimate of drug-likeness (QED) is 0.695. The van der Waals surface area contributed by atoms with Crippen LogP contribution in [0.3, 0.4) is 0 Å². The normalized spacial score (nSPS) is 28.3. The lowest BCUT2D eigenvalue weighted by Gasteiger charge is -2.27. The number of likely N-dealkylation sites (tertiary alicyclic amines) is 1. The van der Waals surface area contributed by atoms with Crippen LogP contribution in [0.15, 0.2) is 48.9 Å². The Labute approximate surface area is 181 Å². The molecule has 2 saturated heterocycles. The van der Waals surface area contributed by atoms with Crippen LogP contribution in [0.4, 0.5) is 0 Å². The molecule has 7 nitrogen and oxygen atoms in total. The summed E-state index contributed by atoms with van der Waals surface area (Å²) in [4.78, 5) is 38.5. The molecule has 2 fully saturated rings. The van der Waals surface area contributed by atoms with Gasteiger partial charge in [-0.3, -0.25) is 9.59 Å². The van der Waals surface area contributed by atoms with Crippen molar-refractivity contribution in [3.63, 3.8) is 0 Å². The first-order valence-corrected chi connectivity index (χ1v) is 10.6. The Morgan fingerprint density at radius 2 is 2.16 bits per heavy atom. The van der Waals surface area contributed by atoms with Gasteiger partial charge in [-0.1, -0.05) is 35.9 Å². The van der Waals surface area contributed by atoms with Crippen molar-refractivity contribution in [1.82, 2.24) is 19.8 Å². The monoisotopic (exact) mass is 418 g/mol. The van der Waals surface area contributed by atoms with Crippen LogP contribution in [0.5, 0.6) is 0 Å². The summed E-state index contributed by atoms with van der Waals surface area (Å²) in [6.07, 6.45) is 6.73. The van der Waals surface area contributed by atoms with Crippen molar-refractivity contribution in [2.45, 2.75) is 38.6 Å². The van der Waals surface area contributed by atoms with E-state index < -0.39 is 17.4 Å². The van der Waals surface area contributed by atoms with Gasteiger partial charge >= 0.3 is 0 Å². The maximum Gasteiger partial charge on any atom is 0.230 e. The Kier molecular flexibility index (Phi) is 4.66. The van der Waals surface area contributed by atoms with Gasteiger partial charge in [-0.2, -0.15) is 0 Å². The summed E-state index contributed by atoms with van der Waals surface area (Å²) in [5.41, 5.74) is 3.52. The molecule has 3 aliphatic heterocycles. The molecule has 4 atom stereocenters. The number of fused-ring (bicyclic) bond motifs is 1. The number of aryl methyl sites for hydroxylation is 2. The number of hydrogen-bond donors (Lipinski definition) is 0. The molecule has 1 aromatic carbocycles.